The van der Waals surface area contributed by atoms with E-state index in [1.807, 2.05) is 24.1 Å². The molecule has 2 N–H and O–H groups in total. The molecule has 5 aliphatic carbocycles. The van der Waals surface area contributed by atoms with Crippen LogP contribution in [-0.4, -0.2) is 47.2 Å². The Bertz CT molecular complexity index is 1410. The number of hydrogen-bond acceptors (Lipinski definition) is 3. The summed E-state index contributed by atoms with van der Waals surface area (Å²) in [7, 11) is 1.89. The minimum absolute atomic E-state index is 0.00764. The summed E-state index contributed by atoms with van der Waals surface area (Å²) in [6, 6.07) is 7.51. The fourth-order valence-electron chi connectivity index (χ4n) is 13.0. The van der Waals surface area contributed by atoms with Gasteiger partial charge < -0.3 is 15.1 Å². The van der Waals surface area contributed by atoms with Gasteiger partial charge in [0.15, 0.2) is 0 Å². The minimum atomic E-state index is -0.879. The summed E-state index contributed by atoms with van der Waals surface area (Å²) in [4.78, 5) is 27.6. The molecule has 0 aliphatic heterocycles. The minimum Gasteiger partial charge on any atom is -0.478 e. The highest BCUT2D eigenvalue weighted by molar-refractivity contribution is 5.88. The number of hydrogen-bond donors (Lipinski definition) is 2. The van der Waals surface area contributed by atoms with Crippen LogP contribution in [0.1, 0.15) is 115 Å². The Morgan fingerprint density at radius 1 is 0.911 bits per heavy atom. The fraction of sp³-hybridized carbons (Fsp3) is 0.700. The third-order valence-electron chi connectivity index (χ3n) is 15.3. The van der Waals surface area contributed by atoms with E-state index in [0.717, 1.165) is 37.7 Å². The van der Waals surface area contributed by atoms with Gasteiger partial charge in [-0.25, -0.2) is 4.79 Å². The Morgan fingerprint density at radius 2 is 1.60 bits per heavy atom. The summed E-state index contributed by atoms with van der Waals surface area (Å²) in [6.45, 7) is 19.8. The number of carbonyl (C=O) groups excluding carboxylic acids is 1. The fourth-order valence-corrected chi connectivity index (χ4v) is 13.0. The molecule has 9 atom stereocenters. The van der Waals surface area contributed by atoms with Gasteiger partial charge in [-0.15, -0.1) is 0 Å². The summed E-state index contributed by atoms with van der Waals surface area (Å²) in [6.07, 6.45) is 12.4. The molecule has 1 aromatic rings. The summed E-state index contributed by atoms with van der Waals surface area (Å²) >= 11 is 0. The van der Waals surface area contributed by atoms with Crippen molar-refractivity contribution in [2.24, 2.45) is 56.7 Å². The molecule has 0 aromatic heterocycles. The molecule has 5 nitrogen and oxygen atoms in total. The van der Waals surface area contributed by atoms with Gasteiger partial charge in [-0.05, 0) is 139 Å². The van der Waals surface area contributed by atoms with Gasteiger partial charge in [-0.3, -0.25) is 4.79 Å². The molecule has 45 heavy (non-hydrogen) atoms. The number of allylic oxidation sites excluding steroid dienone is 3. The predicted octanol–water partition coefficient (Wildman–Crippen LogP) is 8.49. The van der Waals surface area contributed by atoms with Crippen LogP contribution in [0.25, 0.3) is 5.57 Å². The lowest BCUT2D eigenvalue weighted by Crippen LogP contribution is -2.66. The number of carboxylic acids is 1. The summed E-state index contributed by atoms with van der Waals surface area (Å²) in [5, 5.41) is 19.1. The van der Waals surface area contributed by atoms with Crippen molar-refractivity contribution in [1.82, 2.24) is 4.90 Å². The first kappa shape index (κ1) is 32.5. The van der Waals surface area contributed by atoms with Crippen molar-refractivity contribution >= 4 is 17.4 Å². The molecule has 9 unspecified atom stereocenters. The Balaban J connectivity index is 1.36. The van der Waals surface area contributed by atoms with Gasteiger partial charge in [-0.1, -0.05) is 65.0 Å². The number of fused-ring (bicyclic) bond motifs is 7. The van der Waals surface area contributed by atoms with E-state index in [0.29, 0.717) is 41.7 Å². The maximum Gasteiger partial charge on any atom is 0.335 e. The van der Waals surface area contributed by atoms with Gasteiger partial charge in [-0.2, -0.15) is 0 Å². The molecule has 0 saturated heterocycles. The van der Waals surface area contributed by atoms with E-state index < -0.39 is 5.97 Å². The van der Waals surface area contributed by atoms with Gasteiger partial charge in [0.05, 0.1) is 17.6 Å². The molecule has 4 fully saturated rings. The molecule has 0 radical (unpaired) electrons. The quantitative estimate of drug-likeness (QED) is 0.315. The molecule has 1 aromatic carbocycles. The number of aromatic carboxylic acids is 1. The largest absolute Gasteiger partial charge is 0.478 e. The van der Waals surface area contributed by atoms with Gasteiger partial charge in [0, 0.05) is 13.6 Å². The molecule has 0 bridgehead atoms. The van der Waals surface area contributed by atoms with E-state index in [9.17, 15) is 19.8 Å². The molecule has 6 rings (SSSR count). The maximum absolute atomic E-state index is 14.3. The summed E-state index contributed by atoms with van der Waals surface area (Å²) < 4.78 is 0. The zero-order valence-electron chi connectivity index (χ0n) is 28.9. The van der Waals surface area contributed by atoms with Crippen molar-refractivity contribution < 1.29 is 19.8 Å². The van der Waals surface area contributed by atoms with Gasteiger partial charge in [0.25, 0.3) is 0 Å². The van der Waals surface area contributed by atoms with E-state index in [1.165, 1.54) is 36.8 Å². The highest BCUT2D eigenvalue weighted by Gasteiger charge is 2.71. The number of benzene rings is 1. The number of likely N-dealkylation sites (N-methyl/N-ethyl adjacent to an activating group) is 1. The molecule has 1 amide bonds. The number of carboxylic acid groups (broad SMARTS) is 1. The second-order valence-corrected chi connectivity index (χ2v) is 17.2. The molecular formula is C40H57NO4. The number of nitrogens with zero attached hydrogens (tertiary/aromatic N) is 1. The molecule has 0 spiro atoms. The van der Waals surface area contributed by atoms with Crippen LogP contribution in [0, 0.1) is 56.7 Å². The SMILES string of the molecule is C=C(C)C1CCC2(C(=O)N(C)CCO)CCC3(C)C(CCC4C5(C)CC=C(c6ccc(C(=O)O)cc6)C(C)(C)C5CCC43C)C12. The second kappa shape index (κ2) is 10.8. The Morgan fingerprint density at radius 3 is 2.22 bits per heavy atom. The van der Waals surface area contributed by atoms with Crippen LogP contribution in [0.15, 0.2) is 42.5 Å². The Hall–Kier alpha value is -2.40. The predicted molar refractivity (Wildman–Crippen MR) is 180 cm³/mol. The number of aliphatic hydroxyl groups is 1. The molecule has 246 valence electrons. The summed E-state index contributed by atoms with van der Waals surface area (Å²) in [5.41, 5.74) is 4.30. The van der Waals surface area contributed by atoms with E-state index in [4.69, 9.17) is 0 Å². The van der Waals surface area contributed by atoms with Crippen LogP contribution in [-0.2, 0) is 4.79 Å². The number of rotatable bonds is 6. The molecule has 0 heterocycles. The topological polar surface area (TPSA) is 77.8 Å². The standard InChI is InChI=1S/C40H57NO4/c1-25(2)28-15-20-40(35(45)41(8)23-24-42)22-21-38(6)30(33(28)40)13-14-32-37(5)18-16-29(26-9-11-27(12-10-26)34(43)44)36(3,4)31(37)17-19-39(32,38)7/h9-12,16,28,30-33,42H,1,13-15,17-24H2,2-8H3,(H,43,44). The first-order chi connectivity index (χ1) is 21.1. The van der Waals surface area contributed by atoms with Crippen molar-refractivity contribution in [2.75, 3.05) is 20.2 Å². The smallest absolute Gasteiger partial charge is 0.335 e. The average molecular weight is 616 g/mol. The van der Waals surface area contributed by atoms with Crippen LogP contribution in [0.4, 0.5) is 0 Å². The van der Waals surface area contributed by atoms with Crippen LogP contribution >= 0.6 is 0 Å². The summed E-state index contributed by atoms with van der Waals surface area (Å²) in [5.74, 6) is 1.76. The lowest BCUT2D eigenvalue weighted by Gasteiger charge is -2.72. The first-order valence-corrected chi connectivity index (χ1v) is 17.6. The maximum atomic E-state index is 14.3. The monoisotopic (exact) mass is 615 g/mol. The van der Waals surface area contributed by atoms with E-state index in [-0.39, 0.29) is 39.6 Å². The number of carbonyl (C=O) groups is 2. The molecule has 4 saturated carbocycles. The Kier molecular flexibility index (Phi) is 7.83. The second-order valence-electron chi connectivity index (χ2n) is 17.2. The zero-order valence-corrected chi connectivity index (χ0v) is 28.9. The van der Waals surface area contributed by atoms with Crippen molar-refractivity contribution in [1.29, 1.82) is 0 Å². The van der Waals surface area contributed by atoms with E-state index >= 15 is 0 Å². The molecular weight excluding hydrogens is 558 g/mol. The van der Waals surface area contributed by atoms with Crippen LogP contribution in [0.2, 0.25) is 0 Å². The lowest BCUT2D eigenvalue weighted by molar-refractivity contribution is -0.226. The zero-order chi connectivity index (χ0) is 32.7. The van der Waals surface area contributed by atoms with E-state index in [1.54, 1.807) is 12.1 Å². The van der Waals surface area contributed by atoms with Crippen molar-refractivity contribution in [3.05, 3.63) is 53.6 Å². The first-order valence-electron chi connectivity index (χ1n) is 17.6. The number of aliphatic hydroxyl groups excluding tert-OH is 1. The lowest BCUT2D eigenvalue weighted by atomic mass is 9.32. The number of amides is 1. The van der Waals surface area contributed by atoms with Crippen molar-refractivity contribution in [3.8, 4) is 0 Å². The van der Waals surface area contributed by atoms with Crippen molar-refractivity contribution in [3.63, 3.8) is 0 Å². The third-order valence-corrected chi connectivity index (χ3v) is 15.3. The van der Waals surface area contributed by atoms with Crippen molar-refractivity contribution in [2.45, 2.75) is 99.3 Å². The van der Waals surface area contributed by atoms with Gasteiger partial charge >= 0.3 is 5.97 Å². The van der Waals surface area contributed by atoms with Gasteiger partial charge in [0.2, 0.25) is 5.91 Å². The van der Waals surface area contributed by atoms with Crippen LogP contribution in [0.5, 0.6) is 0 Å². The van der Waals surface area contributed by atoms with E-state index in [2.05, 4.69) is 54.2 Å². The highest BCUT2D eigenvalue weighted by Crippen LogP contribution is 2.77. The molecule has 5 aliphatic rings. The third kappa shape index (κ3) is 4.41. The van der Waals surface area contributed by atoms with Crippen LogP contribution in [0.3, 0.4) is 0 Å². The highest BCUT2D eigenvalue weighted by atomic mass is 16.4. The molecule has 5 heteroatoms. The average Bonchev–Trinajstić information content (AvgIpc) is 3.38. The normalized spacial score (nSPS) is 41.5. The van der Waals surface area contributed by atoms with Gasteiger partial charge in [0.1, 0.15) is 0 Å². The van der Waals surface area contributed by atoms with Crippen LogP contribution < -0.4 is 0 Å². The Labute approximate surface area is 271 Å².